The summed E-state index contributed by atoms with van der Waals surface area (Å²) in [6.45, 7) is 14.2. The maximum Gasteiger partial charge on any atom is 0.110 e. The number of aromatic nitrogens is 2. The Hall–Kier alpha value is -2.95. The highest BCUT2D eigenvalue weighted by molar-refractivity contribution is 6.15. The van der Waals surface area contributed by atoms with Crippen molar-refractivity contribution in [3.05, 3.63) is 84.5 Å². The topological polar surface area (TPSA) is 41.4 Å². The number of rotatable bonds is 7. The molecule has 3 heterocycles. The summed E-state index contributed by atoms with van der Waals surface area (Å²) in [5.41, 5.74) is 6.07. The minimum absolute atomic E-state index is 0.261. The van der Waals surface area contributed by atoms with Crippen LogP contribution in [0.2, 0.25) is 5.31 Å². The third-order valence-corrected chi connectivity index (χ3v) is 5.84. The Balaban J connectivity index is 1.73. The van der Waals surface area contributed by atoms with Gasteiger partial charge in [-0.15, -0.1) is 0 Å². The molecule has 0 aliphatic carbocycles. The molecule has 2 aromatic heterocycles. The molecule has 4 nitrogen and oxygen atoms in total. The van der Waals surface area contributed by atoms with E-state index >= 15 is 0 Å². The summed E-state index contributed by atoms with van der Waals surface area (Å²) in [7, 11) is 2.38. The zero-order valence-corrected chi connectivity index (χ0v) is 18.4. The standard InChI is InChI=1S/C25H31BN4/c1-5-8-23(27-6-2)24-22(9-7-14-28-24)20(4)30-15-12-25(26,13-16-30)17-21-11-10-19(3)18-29-21/h5-11,14,18H,1,4,12-13,15-17,26H2,2-3H3/b23-8-,27-6-. The molecule has 0 saturated carbocycles. The van der Waals surface area contributed by atoms with Crippen LogP contribution in [0.5, 0.6) is 0 Å². The van der Waals surface area contributed by atoms with E-state index in [1.807, 2.05) is 25.3 Å². The highest BCUT2D eigenvalue weighted by atomic mass is 15.1. The van der Waals surface area contributed by atoms with Gasteiger partial charge in [0, 0.05) is 48.7 Å². The van der Waals surface area contributed by atoms with Crippen LogP contribution in [0.1, 0.15) is 42.3 Å². The Kier molecular flexibility index (Phi) is 7.04. The van der Waals surface area contributed by atoms with Gasteiger partial charge in [-0.25, -0.2) is 0 Å². The lowest BCUT2D eigenvalue weighted by molar-refractivity contribution is 0.266. The summed E-state index contributed by atoms with van der Waals surface area (Å²) in [4.78, 5) is 16.1. The molecule has 0 radical (unpaired) electrons. The lowest BCUT2D eigenvalue weighted by Gasteiger charge is -2.41. The second kappa shape index (κ2) is 9.70. The van der Waals surface area contributed by atoms with Crippen molar-refractivity contribution in [3.8, 4) is 0 Å². The van der Waals surface area contributed by atoms with Gasteiger partial charge >= 0.3 is 0 Å². The van der Waals surface area contributed by atoms with Crippen LogP contribution in [0.25, 0.3) is 11.4 Å². The average Bonchev–Trinajstić information content (AvgIpc) is 2.75. The van der Waals surface area contributed by atoms with Gasteiger partial charge in [0.25, 0.3) is 0 Å². The van der Waals surface area contributed by atoms with Crippen molar-refractivity contribution >= 4 is 25.5 Å². The van der Waals surface area contributed by atoms with E-state index in [0.29, 0.717) is 0 Å². The smallest absolute Gasteiger partial charge is 0.110 e. The Morgan fingerprint density at radius 2 is 2.03 bits per heavy atom. The molecular weight excluding hydrogens is 367 g/mol. The van der Waals surface area contributed by atoms with Crippen molar-refractivity contribution in [1.82, 2.24) is 14.9 Å². The minimum Gasteiger partial charge on any atom is -0.371 e. The highest BCUT2D eigenvalue weighted by Crippen LogP contribution is 2.40. The van der Waals surface area contributed by atoms with Crippen molar-refractivity contribution < 1.29 is 0 Å². The number of likely N-dealkylation sites (tertiary alicyclic amines) is 1. The molecule has 0 spiro atoms. The van der Waals surface area contributed by atoms with Gasteiger partial charge in [0.1, 0.15) is 7.85 Å². The molecule has 0 unspecified atom stereocenters. The number of allylic oxidation sites excluding steroid dienone is 2. The molecule has 0 bridgehead atoms. The minimum atomic E-state index is 0.261. The zero-order valence-electron chi connectivity index (χ0n) is 18.4. The van der Waals surface area contributed by atoms with Crippen molar-refractivity contribution in [3.63, 3.8) is 0 Å². The van der Waals surface area contributed by atoms with E-state index in [-0.39, 0.29) is 5.31 Å². The van der Waals surface area contributed by atoms with Crippen LogP contribution in [0.3, 0.4) is 0 Å². The SMILES string of the molecule is BC1(Cc2ccc(C)cn2)CCN(C(=C)c2cccnc2C(=C/C=C)/N=C\C)CC1. The van der Waals surface area contributed by atoms with E-state index < -0.39 is 0 Å². The van der Waals surface area contributed by atoms with Gasteiger partial charge in [0.05, 0.1) is 11.4 Å². The number of hydrogen-bond donors (Lipinski definition) is 0. The fourth-order valence-electron chi connectivity index (χ4n) is 3.98. The van der Waals surface area contributed by atoms with E-state index in [9.17, 15) is 0 Å². The molecule has 1 fully saturated rings. The van der Waals surface area contributed by atoms with Gasteiger partial charge in [-0.05, 0) is 68.3 Å². The maximum atomic E-state index is 4.62. The second-order valence-corrected chi connectivity index (χ2v) is 8.32. The van der Waals surface area contributed by atoms with Crippen LogP contribution in [0.4, 0.5) is 0 Å². The van der Waals surface area contributed by atoms with Gasteiger partial charge < -0.3 is 4.90 Å². The van der Waals surface area contributed by atoms with E-state index in [1.54, 1.807) is 18.5 Å². The first kappa shape index (κ1) is 21.8. The fraction of sp³-hybridized carbons (Fsp3) is 0.320. The molecule has 0 aromatic carbocycles. The van der Waals surface area contributed by atoms with E-state index in [0.717, 1.165) is 55.0 Å². The van der Waals surface area contributed by atoms with Crippen LogP contribution < -0.4 is 0 Å². The molecule has 2 aromatic rings. The molecular formula is C25H31BN4. The average molecular weight is 398 g/mol. The van der Waals surface area contributed by atoms with Crippen molar-refractivity contribution in [2.75, 3.05) is 13.1 Å². The van der Waals surface area contributed by atoms with Crippen LogP contribution in [0, 0.1) is 6.92 Å². The zero-order chi connectivity index (χ0) is 21.6. The molecule has 1 saturated heterocycles. The highest BCUT2D eigenvalue weighted by Gasteiger charge is 2.31. The van der Waals surface area contributed by atoms with Crippen molar-refractivity contribution in [1.29, 1.82) is 0 Å². The lowest BCUT2D eigenvalue weighted by Crippen LogP contribution is -2.37. The van der Waals surface area contributed by atoms with Gasteiger partial charge in [-0.3, -0.25) is 15.0 Å². The van der Waals surface area contributed by atoms with Crippen molar-refractivity contribution in [2.45, 2.75) is 38.4 Å². The summed E-state index contributed by atoms with van der Waals surface area (Å²) >= 11 is 0. The predicted molar refractivity (Wildman–Crippen MR) is 130 cm³/mol. The maximum absolute atomic E-state index is 4.62. The number of piperidine rings is 1. The first-order chi connectivity index (χ1) is 14.5. The molecule has 1 aliphatic heterocycles. The summed E-state index contributed by atoms with van der Waals surface area (Å²) in [6, 6.07) is 8.36. The Labute approximate surface area is 181 Å². The van der Waals surface area contributed by atoms with E-state index in [4.69, 9.17) is 0 Å². The number of nitrogens with zero attached hydrogens (tertiary/aromatic N) is 4. The largest absolute Gasteiger partial charge is 0.371 e. The Morgan fingerprint density at radius 1 is 1.27 bits per heavy atom. The van der Waals surface area contributed by atoms with Gasteiger partial charge in [0.15, 0.2) is 0 Å². The van der Waals surface area contributed by atoms with E-state index in [1.165, 1.54) is 11.3 Å². The van der Waals surface area contributed by atoms with Crippen LogP contribution in [0.15, 0.2) is 67.0 Å². The molecule has 1 aliphatic rings. The summed E-state index contributed by atoms with van der Waals surface area (Å²) < 4.78 is 0. The lowest BCUT2D eigenvalue weighted by atomic mass is 9.60. The second-order valence-electron chi connectivity index (χ2n) is 8.32. The quantitative estimate of drug-likeness (QED) is 0.392. The van der Waals surface area contributed by atoms with Gasteiger partial charge in [0.2, 0.25) is 0 Å². The third-order valence-electron chi connectivity index (χ3n) is 5.84. The molecule has 0 N–H and O–H groups in total. The molecule has 0 amide bonds. The number of pyridine rings is 2. The van der Waals surface area contributed by atoms with Gasteiger partial charge in [-0.1, -0.05) is 25.3 Å². The fourth-order valence-corrected chi connectivity index (χ4v) is 3.98. The third kappa shape index (κ3) is 5.15. The summed E-state index contributed by atoms with van der Waals surface area (Å²) in [5.74, 6) is 0. The van der Waals surface area contributed by atoms with E-state index in [2.05, 4.69) is 66.0 Å². The Morgan fingerprint density at radius 3 is 2.67 bits per heavy atom. The summed E-state index contributed by atoms with van der Waals surface area (Å²) in [5, 5.41) is 0.261. The predicted octanol–water partition coefficient (Wildman–Crippen LogP) is 4.50. The summed E-state index contributed by atoms with van der Waals surface area (Å²) in [6.07, 6.45) is 12.4. The van der Waals surface area contributed by atoms with Crippen LogP contribution >= 0.6 is 0 Å². The van der Waals surface area contributed by atoms with Crippen LogP contribution in [-0.4, -0.2) is 42.0 Å². The monoisotopic (exact) mass is 398 g/mol. The number of aryl methyl sites for hydroxylation is 1. The molecule has 5 heteroatoms. The van der Waals surface area contributed by atoms with Crippen molar-refractivity contribution in [2.24, 2.45) is 4.99 Å². The first-order valence-electron chi connectivity index (χ1n) is 10.6. The normalized spacial score (nSPS) is 16.6. The molecule has 0 atom stereocenters. The number of aliphatic imine (C=N–C) groups is 1. The molecule has 154 valence electrons. The van der Waals surface area contributed by atoms with Crippen LogP contribution in [-0.2, 0) is 6.42 Å². The molecule has 3 rings (SSSR count). The molecule has 30 heavy (non-hydrogen) atoms. The number of hydrogen-bond acceptors (Lipinski definition) is 4. The Bertz CT molecular complexity index is 951. The first-order valence-corrected chi connectivity index (χ1v) is 10.6. The van der Waals surface area contributed by atoms with Gasteiger partial charge in [-0.2, -0.15) is 0 Å².